The van der Waals surface area contributed by atoms with Gasteiger partial charge >= 0.3 is 0 Å². The minimum atomic E-state index is -0.568. The van der Waals surface area contributed by atoms with Crippen molar-refractivity contribution in [1.29, 1.82) is 0 Å². The molecule has 2 aromatic rings. The zero-order valence-electron chi connectivity index (χ0n) is 10.4. The van der Waals surface area contributed by atoms with E-state index >= 15 is 0 Å². The predicted octanol–water partition coefficient (Wildman–Crippen LogP) is 2.00. The fourth-order valence-corrected chi connectivity index (χ4v) is 1.84. The van der Waals surface area contributed by atoms with Gasteiger partial charge in [-0.25, -0.2) is 4.68 Å². The minimum absolute atomic E-state index is 0.568. The van der Waals surface area contributed by atoms with Crippen LogP contribution in [0.4, 0.5) is 0 Å². The van der Waals surface area contributed by atoms with Crippen LogP contribution in [0.1, 0.15) is 35.4 Å². The number of benzene rings is 1. The monoisotopic (exact) mass is 231 g/mol. The standard InChI is InChI=1S/C13H17N3O/c1-9-5-4-6-10(2)12(9)7-16-8-13(11(3)17)14-15-16/h4-6,8,11,17H,7H2,1-3H3. The lowest BCUT2D eigenvalue weighted by Gasteiger charge is -2.08. The number of aliphatic hydroxyl groups is 1. The summed E-state index contributed by atoms with van der Waals surface area (Å²) in [7, 11) is 0. The second-order valence-corrected chi connectivity index (χ2v) is 4.39. The molecule has 1 aromatic heterocycles. The van der Waals surface area contributed by atoms with Crippen molar-refractivity contribution in [2.45, 2.75) is 33.4 Å². The highest BCUT2D eigenvalue weighted by molar-refractivity contribution is 5.33. The van der Waals surface area contributed by atoms with Gasteiger partial charge in [0.15, 0.2) is 0 Å². The highest BCUT2D eigenvalue weighted by Gasteiger charge is 2.08. The first-order chi connectivity index (χ1) is 8.08. The highest BCUT2D eigenvalue weighted by atomic mass is 16.3. The first-order valence-corrected chi connectivity index (χ1v) is 5.71. The van der Waals surface area contributed by atoms with Crippen molar-refractivity contribution in [2.24, 2.45) is 0 Å². The molecule has 17 heavy (non-hydrogen) atoms. The molecule has 1 unspecified atom stereocenters. The summed E-state index contributed by atoms with van der Waals surface area (Å²) in [6, 6.07) is 6.24. The van der Waals surface area contributed by atoms with Crippen LogP contribution in [0.25, 0.3) is 0 Å². The van der Waals surface area contributed by atoms with E-state index in [1.807, 2.05) is 0 Å². The number of hydrogen-bond acceptors (Lipinski definition) is 3. The molecule has 0 saturated heterocycles. The van der Waals surface area contributed by atoms with Crippen LogP contribution >= 0.6 is 0 Å². The molecule has 1 aromatic carbocycles. The van der Waals surface area contributed by atoms with E-state index in [1.54, 1.807) is 17.8 Å². The van der Waals surface area contributed by atoms with Gasteiger partial charge in [0.1, 0.15) is 5.69 Å². The first-order valence-electron chi connectivity index (χ1n) is 5.71. The maximum atomic E-state index is 9.40. The van der Waals surface area contributed by atoms with E-state index in [4.69, 9.17) is 0 Å². The molecule has 0 spiro atoms. The van der Waals surface area contributed by atoms with Crippen LogP contribution < -0.4 is 0 Å². The van der Waals surface area contributed by atoms with Gasteiger partial charge in [-0.05, 0) is 37.5 Å². The average molecular weight is 231 g/mol. The maximum Gasteiger partial charge on any atom is 0.111 e. The molecule has 90 valence electrons. The normalized spacial score (nSPS) is 12.7. The summed E-state index contributed by atoms with van der Waals surface area (Å²) in [5.41, 5.74) is 4.36. The van der Waals surface area contributed by atoms with Gasteiger partial charge in [-0.3, -0.25) is 0 Å². The van der Waals surface area contributed by atoms with Crippen molar-refractivity contribution in [2.75, 3.05) is 0 Å². The Morgan fingerprint density at radius 3 is 2.47 bits per heavy atom. The number of aliphatic hydroxyl groups excluding tert-OH is 1. The van der Waals surface area contributed by atoms with Crippen LogP contribution in [-0.4, -0.2) is 20.1 Å². The molecule has 1 N–H and O–H groups in total. The summed E-state index contributed by atoms with van der Waals surface area (Å²) in [4.78, 5) is 0. The van der Waals surface area contributed by atoms with Crippen molar-refractivity contribution in [3.63, 3.8) is 0 Å². The highest BCUT2D eigenvalue weighted by Crippen LogP contribution is 2.15. The molecule has 0 aliphatic heterocycles. The molecular weight excluding hydrogens is 214 g/mol. The fourth-order valence-electron chi connectivity index (χ4n) is 1.84. The maximum absolute atomic E-state index is 9.40. The SMILES string of the molecule is Cc1cccc(C)c1Cn1cc(C(C)O)nn1. The number of nitrogens with zero attached hydrogens (tertiary/aromatic N) is 3. The number of rotatable bonds is 3. The molecule has 1 heterocycles. The lowest BCUT2D eigenvalue weighted by molar-refractivity contribution is 0.194. The number of hydrogen-bond donors (Lipinski definition) is 1. The van der Waals surface area contributed by atoms with E-state index in [-0.39, 0.29) is 0 Å². The molecular formula is C13H17N3O. The van der Waals surface area contributed by atoms with Gasteiger partial charge < -0.3 is 5.11 Å². The topological polar surface area (TPSA) is 50.9 Å². The molecule has 0 saturated carbocycles. The van der Waals surface area contributed by atoms with Crippen LogP contribution in [-0.2, 0) is 6.54 Å². The van der Waals surface area contributed by atoms with E-state index in [0.29, 0.717) is 12.2 Å². The Balaban J connectivity index is 2.25. The number of aromatic nitrogens is 3. The largest absolute Gasteiger partial charge is 0.387 e. The van der Waals surface area contributed by atoms with Gasteiger partial charge in [0.05, 0.1) is 18.8 Å². The lowest BCUT2D eigenvalue weighted by atomic mass is 10.0. The Hall–Kier alpha value is -1.68. The molecule has 0 amide bonds. The van der Waals surface area contributed by atoms with Gasteiger partial charge in [0.25, 0.3) is 0 Å². The Kier molecular flexibility index (Phi) is 3.24. The van der Waals surface area contributed by atoms with Crippen LogP contribution in [0, 0.1) is 13.8 Å². The van der Waals surface area contributed by atoms with Crippen LogP contribution in [0.5, 0.6) is 0 Å². The Morgan fingerprint density at radius 1 is 1.29 bits per heavy atom. The van der Waals surface area contributed by atoms with Gasteiger partial charge in [-0.15, -0.1) is 5.10 Å². The summed E-state index contributed by atoms with van der Waals surface area (Å²) in [6.07, 6.45) is 1.22. The third-order valence-electron chi connectivity index (χ3n) is 2.95. The lowest BCUT2D eigenvalue weighted by Crippen LogP contribution is -2.04. The Bertz CT molecular complexity index is 497. The van der Waals surface area contributed by atoms with E-state index in [9.17, 15) is 5.11 Å². The molecule has 0 radical (unpaired) electrons. The van der Waals surface area contributed by atoms with Crippen molar-refractivity contribution < 1.29 is 5.11 Å². The van der Waals surface area contributed by atoms with Gasteiger partial charge in [0.2, 0.25) is 0 Å². The van der Waals surface area contributed by atoms with Gasteiger partial charge in [-0.1, -0.05) is 23.4 Å². The minimum Gasteiger partial charge on any atom is -0.387 e. The second kappa shape index (κ2) is 4.67. The van der Waals surface area contributed by atoms with Crippen molar-refractivity contribution in [3.8, 4) is 0 Å². The van der Waals surface area contributed by atoms with Crippen LogP contribution in [0.2, 0.25) is 0 Å². The molecule has 0 fully saturated rings. The van der Waals surface area contributed by atoms with E-state index in [0.717, 1.165) is 0 Å². The second-order valence-electron chi connectivity index (χ2n) is 4.39. The molecule has 4 heteroatoms. The third kappa shape index (κ3) is 2.53. The summed E-state index contributed by atoms with van der Waals surface area (Å²) < 4.78 is 1.76. The van der Waals surface area contributed by atoms with E-state index in [1.165, 1.54) is 16.7 Å². The average Bonchev–Trinajstić information content (AvgIpc) is 2.72. The van der Waals surface area contributed by atoms with Crippen LogP contribution in [0.3, 0.4) is 0 Å². The zero-order valence-corrected chi connectivity index (χ0v) is 10.4. The first kappa shape index (κ1) is 11.8. The molecule has 0 aliphatic carbocycles. The zero-order chi connectivity index (χ0) is 12.4. The smallest absolute Gasteiger partial charge is 0.111 e. The summed E-state index contributed by atoms with van der Waals surface area (Å²) in [5.74, 6) is 0. The fraction of sp³-hybridized carbons (Fsp3) is 0.385. The third-order valence-corrected chi connectivity index (χ3v) is 2.95. The van der Waals surface area contributed by atoms with Crippen molar-refractivity contribution in [3.05, 3.63) is 46.8 Å². The van der Waals surface area contributed by atoms with Gasteiger partial charge in [0, 0.05) is 0 Å². The molecule has 1 atom stereocenters. The molecule has 2 rings (SSSR count). The molecule has 4 nitrogen and oxygen atoms in total. The Labute approximate surface area is 101 Å². The molecule has 0 bridgehead atoms. The number of aryl methyl sites for hydroxylation is 2. The van der Waals surface area contributed by atoms with Crippen molar-refractivity contribution >= 4 is 0 Å². The van der Waals surface area contributed by atoms with E-state index < -0.39 is 6.10 Å². The molecule has 0 aliphatic rings. The van der Waals surface area contributed by atoms with Gasteiger partial charge in [-0.2, -0.15) is 0 Å². The quantitative estimate of drug-likeness (QED) is 0.879. The summed E-state index contributed by atoms with van der Waals surface area (Å²) >= 11 is 0. The van der Waals surface area contributed by atoms with Crippen LogP contribution in [0.15, 0.2) is 24.4 Å². The summed E-state index contributed by atoms with van der Waals surface area (Å²) in [5, 5.41) is 17.4. The predicted molar refractivity (Wildman–Crippen MR) is 65.7 cm³/mol. The van der Waals surface area contributed by atoms with Crippen molar-refractivity contribution in [1.82, 2.24) is 15.0 Å². The van der Waals surface area contributed by atoms with E-state index in [2.05, 4.69) is 42.4 Å². The summed E-state index contributed by atoms with van der Waals surface area (Å²) in [6.45, 7) is 6.56. The Morgan fingerprint density at radius 2 is 1.94 bits per heavy atom.